The van der Waals surface area contributed by atoms with Gasteiger partial charge in [0.05, 0.1) is 13.2 Å². The Bertz CT molecular complexity index is 435. The van der Waals surface area contributed by atoms with E-state index in [1.54, 1.807) is 13.8 Å². The molecule has 0 N–H and O–H groups in total. The van der Waals surface area contributed by atoms with Crippen molar-refractivity contribution in [1.82, 2.24) is 0 Å². The number of unbranched alkanes of at least 4 members (excludes halogenated alkanes) is 12. The highest BCUT2D eigenvalue weighted by molar-refractivity contribution is 5.99. The Morgan fingerprint density at radius 3 is 1.38 bits per heavy atom. The molecule has 0 aromatic rings. The Morgan fingerprint density at radius 2 is 0.966 bits per heavy atom. The molecule has 0 aliphatic carbocycles. The second-order valence-corrected chi connectivity index (χ2v) is 10.1. The Hall–Kier alpha value is -1.06. The summed E-state index contributed by atoms with van der Waals surface area (Å²) in [6.07, 6.45) is 16.7. The maximum atomic E-state index is 12.2. The highest BCUT2D eigenvalue weighted by Gasteiger charge is 2.39. The lowest BCUT2D eigenvalue weighted by molar-refractivity contribution is -0.171. The van der Waals surface area contributed by atoms with Gasteiger partial charge in [-0.2, -0.15) is 0 Å². The molecule has 4 nitrogen and oxygen atoms in total. The van der Waals surface area contributed by atoms with Crippen LogP contribution in [0.4, 0.5) is 0 Å². The van der Waals surface area contributed by atoms with E-state index in [4.69, 9.17) is 9.47 Å². The van der Waals surface area contributed by atoms with E-state index in [-0.39, 0.29) is 5.41 Å². The second-order valence-electron chi connectivity index (χ2n) is 10.1. The van der Waals surface area contributed by atoms with Gasteiger partial charge in [0.1, 0.15) is 0 Å². The molecule has 0 fully saturated rings. The van der Waals surface area contributed by atoms with Crippen LogP contribution >= 0.6 is 0 Å². The number of hydrogen-bond donors (Lipinski definition) is 0. The maximum Gasteiger partial charge on any atom is 0.322 e. The van der Waals surface area contributed by atoms with Crippen LogP contribution in [-0.4, -0.2) is 25.2 Å². The van der Waals surface area contributed by atoms with Crippen molar-refractivity contribution in [2.24, 2.45) is 10.8 Å². The summed E-state index contributed by atoms with van der Waals surface area (Å²) in [7, 11) is 0. The van der Waals surface area contributed by atoms with Gasteiger partial charge in [-0.3, -0.25) is 9.59 Å². The summed E-state index contributed by atoms with van der Waals surface area (Å²) in [4.78, 5) is 24.4. The number of carbonyl (C=O) groups is 2. The fourth-order valence-corrected chi connectivity index (χ4v) is 3.01. The molecule has 0 rings (SSSR count). The maximum absolute atomic E-state index is 12.2. The molecule has 0 aliphatic rings. The predicted octanol–water partition coefficient (Wildman–Crippen LogP) is 7.24. The minimum atomic E-state index is -1.25. The van der Waals surface area contributed by atoms with E-state index in [0.717, 1.165) is 12.8 Å². The van der Waals surface area contributed by atoms with E-state index in [2.05, 4.69) is 6.92 Å². The van der Waals surface area contributed by atoms with Crippen molar-refractivity contribution in [2.45, 2.75) is 125 Å². The fraction of sp³-hybridized carbons (Fsp3) is 0.920. The molecule has 0 saturated carbocycles. The summed E-state index contributed by atoms with van der Waals surface area (Å²) in [5, 5.41) is 0. The summed E-state index contributed by atoms with van der Waals surface area (Å²) in [6, 6.07) is 0. The fourth-order valence-electron chi connectivity index (χ4n) is 3.01. The van der Waals surface area contributed by atoms with Gasteiger partial charge < -0.3 is 9.47 Å². The van der Waals surface area contributed by atoms with E-state index >= 15 is 0 Å². The zero-order chi connectivity index (χ0) is 22.2. The number of rotatable bonds is 17. The molecule has 0 spiro atoms. The van der Waals surface area contributed by atoms with Crippen molar-refractivity contribution in [1.29, 1.82) is 0 Å². The standard InChI is InChI=1S/C25H48O4/c1-7-8-9-10-11-12-13-14-15-16-17-18-19-20-28-22(26)25(5,6)23(27)29-21-24(2,3)4/h7-21H2,1-6H3. The molecule has 0 heterocycles. The topological polar surface area (TPSA) is 52.6 Å². The first-order valence-electron chi connectivity index (χ1n) is 12.0. The molecule has 0 amide bonds. The van der Waals surface area contributed by atoms with Crippen molar-refractivity contribution in [3.8, 4) is 0 Å². The Labute approximate surface area is 180 Å². The van der Waals surface area contributed by atoms with Crippen LogP contribution in [0.2, 0.25) is 0 Å². The van der Waals surface area contributed by atoms with Crippen molar-refractivity contribution < 1.29 is 19.1 Å². The zero-order valence-electron chi connectivity index (χ0n) is 20.2. The number of esters is 2. The molecule has 0 saturated heterocycles. The van der Waals surface area contributed by atoms with Gasteiger partial charge in [0.2, 0.25) is 0 Å². The molecule has 172 valence electrons. The third kappa shape index (κ3) is 15.4. The van der Waals surface area contributed by atoms with E-state index in [1.165, 1.54) is 70.6 Å². The first-order chi connectivity index (χ1) is 13.6. The number of ether oxygens (including phenoxy) is 2. The van der Waals surface area contributed by atoms with Crippen molar-refractivity contribution >= 4 is 11.9 Å². The average molecular weight is 413 g/mol. The van der Waals surface area contributed by atoms with E-state index < -0.39 is 17.4 Å². The first kappa shape index (κ1) is 27.9. The molecule has 0 unspecified atom stereocenters. The second kappa shape index (κ2) is 15.7. The largest absolute Gasteiger partial charge is 0.465 e. The number of carbonyl (C=O) groups excluding carboxylic acids is 2. The Morgan fingerprint density at radius 1 is 0.586 bits per heavy atom. The zero-order valence-corrected chi connectivity index (χ0v) is 20.2. The van der Waals surface area contributed by atoms with Crippen molar-refractivity contribution in [2.75, 3.05) is 13.2 Å². The van der Waals surface area contributed by atoms with E-state index in [0.29, 0.717) is 13.2 Å². The molecule has 0 aromatic heterocycles. The normalized spacial score (nSPS) is 12.1. The summed E-state index contributed by atoms with van der Waals surface area (Å²) >= 11 is 0. The highest BCUT2D eigenvalue weighted by atomic mass is 16.6. The Balaban J connectivity index is 3.64. The minimum Gasteiger partial charge on any atom is -0.465 e. The van der Waals surface area contributed by atoms with Crippen LogP contribution in [-0.2, 0) is 19.1 Å². The molecule has 0 radical (unpaired) electrons. The highest BCUT2D eigenvalue weighted by Crippen LogP contribution is 2.22. The van der Waals surface area contributed by atoms with Crippen LogP contribution in [0.25, 0.3) is 0 Å². The van der Waals surface area contributed by atoms with Gasteiger partial charge in [-0.1, -0.05) is 105 Å². The molecular weight excluding hydrogens is 364 g/mol. The minimum absolute atomic E-state index is 0.121. The van der Waals surface area contributed by atoms with Gasteiger partial charge in [-0.15, -0.1) is 0 Å². The lowest BCUT2D eigenvalue weighted by atomic mass is 9.93. The van der Waals surface area contributed by atoms with Crippen LogP contribution < -0.4 is 0 Å². The Kier molecular flexibility index (Phi) is 15.2. The quantitative estimate of drug-likeness (QED) is 0.143. The molecule has 4 heteroatoms. The average Bonchev–Trinajstić information content (AvgIpc) is 2.65. The van der Waals surface area contributed by atoms with Crippen LogP contribution in [0.5, 0.6) is 0 Å². The van der Waals surface area contributed by atoms with Crippen LogP contribution in [0.15, 0.2) is 0 Å². The van der Waals surface area contributed by atoms with Gasteiger partial charge in [-0.25, -0.2) is 0 Å². The lowest BCUT2D eigenvalue weighted by Crippen LogP contribution is -2.38. The third-order valence-corrected chi connectivity index (χ3v) is 5.14. The van der Waals surface area contributed by atoms with E-state index in [9.17, 15) is 9.59 Å². The SMILES string of the molecule is CCCCCCCCCCCCCCCOC(=O)C(C)(C)C(=O)OCC(C)(C)C. The van der Waals surface area contributed by atoms with Crippen LogP contribution in [0.1, 0.15) is 125 Å². The van der Waals surface area contributed by atoms with Gasteiger partial charge in [0.15, 0.2) is 5.41 Å². The van der Waals surface area contributed by atoms with Gasteiger partial charge >= 0.3 is 11.9 Å². The molecule has 0 atom stereocenters. The lowest BCUT2D eigenvalue weighted by Gasteiger charge is -2.24. The molecule has 0 aliphatic heterocycles. The predicted molar refractivity (Wildman–Crippen MR) is 121 cm³/mol. The van der Waals surface area contributed by atoms with Crippen LogP contribution in [0.3, 0.4) is 0 Å². The molecular formula is C25H48O4. The summed E-state index contributed by atoms with van der Waals surface area (Å²) in [6.45, 7) is 12.0. The molecule has 0 aromatic carbocycles. The summed E-state index contributed by atoms with van der Waals surface area (Å²) < 4.78 is 10.6. The number of hydrogen-bond acceptors (Lipinski definition) is 4. The first-order valence-corrected chi connectivity index (χ1v) is 12.0. The molecule has 0 bridgehead atoms. The van der Waals surface area contributed by atoms with E-state index in [1.807, 2.05) is 20.8 Å². The third-order valence-electron chi connectivity index (χ3n) is 5.14. The van der Waals surface area contributed by atoms with Gasteiger partial charge in [0.25, 0.3) is 0 Å². The van der Waals surface area contributed by atoms with Crippen molar-refractivity contribution in [3.05, 3.63) is 0 Å². The van der Waals surface area contributed by atoms with Crippen molar-refractivity contribution in [3.63, 3.8) is 0 Å². The smallest absolute Gasteiger partial charge is 0.322 e. The van der Waals surface area contributed by atoms with Gasteiger partial charge in [0, 0.05) is 0 Å². The van der Waals surface area contributed by atoms with Crippen LogP contribution in [0, 0.1) is 10.8 Å². The summed E-state index contributed by atoms with van der Waals surface area (Å²) in [5.41, 5.74) is -1.37. The monoisotopic (exact) mass is 412 g/mol. The van der Waals surface area contributed by atoms with Gasteiger partial charge in [-0.05, 0) is 25.7 Å². The summed E-state index contributed by atoms with van der Waals surface area (Å²) in [5.74, 6) is -1.00. The molecule has 29 heavy (non-hydrogen) atoms.